The van der Waals surface area contributed by atoms with Gasteiger partial charge in [-0.25, -0.2) is 4.39 Å². The Morgan fingerprint density at radius 1 is 1.39 bits per heavy atom. The molecule has 18 heavy (non-hydrogen) atoms. The quantitative estimate of drug-likeness (QED) is 0.784. The first-order valence-corrected chi connectivity index (χ1v) is 6.06. The van der Waals surface area contributed by atoms with E-state index in [-0.39, 0.29) is 11.4 Å². The van der Waals surface area contributed by atoms with Gasteiger partial charge in [-0.1, -0.05) is 6.07 Å². The number of β-amino-alcohol motifs (C(OH)–C–C–N with tert-alkyl or cyclic N) is 1. The van der Waals surface area contributed by atoms with Crippen LogP contribution in [0.3, 0.4) is 0 Å². The van der Waals surface area contributed by atoms with Crippen molar-refractivity contribution in [2.24, 2.45) is 0 Å². The van der Waals surface area contributed by atoms with E-state index in [1.54, 1.807) is 12.1 Å². The summed E-state index contributed by atoms with van der Waals surface area (Å²) in [5.74, 6) is -0.289. The van der Waals surface area contributed by atoms with Gasteiger partial charge < -0.3 is 15.4 Å². The zero-order valence-electron chi connectivity index (χ0n) is 10.9. The number of hydrogen-bond acceptors (Lipinski definition) is 2. The van der Waals surface area contributed by atoms with Gasteiger partial charge in [-0.15, -0.1) is 0 Å². The molecule has 0 spiro atoms. The van der Waals surface area contributed by atoms with Gasteiger partial charge in [0.15, 0.2) is 0 Å². The van der Waals surface area contributed by atoms with Gasteiger partial charge in [0, 0.05) is 29.2 Å². The molecule has 3 nitrogen and oxygen atoms in total. The Morgan fingerprint density at radius 3 is 2.78 bits per heavy atom. The minimum Gasteiger partial charge on any atom is -0.387 e. The third-order valence-electron chi connectivity index (χ3n) is 2.87. The van der Waals surface area contributed by atoms with E-state index < -0.39 is 6.10 Å². The van der Waals surface area contributed by atoms with Crippen LogP contribution in [0.4, 0.5) is 4.39 Å². The van der Waals surface area contributed by atoms with E-state index in [2.05, 4.69) is 10.3 Å². The van der Waals surface area contributed by atoms with Crippen LogP contribution in [-0.2, 0) is 0 Å². The molecule has 3 N–H and O–H groups in total. The number of hydrogen-bond donors (Lipinski definition) is 3. The maximum Gasteiger partial charge on any atom is 0.148 e. The van der Waals surface area contributed by atoms with Crippen LogP contribution < -0.4 is 5.32 Å². The van der Waals surface area contributed by atoms with Crippen molar-refractivity contribution in [3.63, 3.8) is 0 Å². The first-order valence-electron chi connectivity index (χ1n) is 6.06. The van der Waals surface area contributed by atoms with Crippen LogP contribution in [0.2, 0.25) is 0 Å². The minimum absolute atomic E-state index is 0.0512. The standard InChI is InChI=1S/C14H19FN2O/c1-14(2,3)17-8-13(18)9-4-5-12-10(6-9)11(15)7-16-12/h4-7,13,16-18H,8H2,1-3H3/t13-/m0/s1. The third kappa shape index (κ3) is 2.89. The number of benzene rings is 1. The summed E-state index contributed by atoms with van der Waals surface area (Å²) in [7, 11) is 0. The fourth-order valence-corrected chi connectivity index (χ4v) is 1.83. The summed E-state index contributed by atoms with van der Waals surface area (Å²) in [6.45, 7) is 6.55. The normalized spacial score (nSPS) is 14.1. The van der Waals surface area contributed by atoms with Crippen molar-refractivity contribution in [1.82, 2.24) is 10.3 Å². The molecule has 0 saturated carbocycles. The highest BCUT2D eigenvalue weighted by Crippen LogP contribution is 2.22. The van der Waals surface area contributed by atoms with E-state index in [4.69, 9.17) is 0 Å². The minimum atomic E-state index is -0.636. The van der Waals surface area contributed by atoms with Gasteiger partial charge in [0.1, 0.15) is 5.82 Å². The molecule has 0 radical (unpaired) electrons. The summed E-state index contributed by atoms with van der Waals surface area (Å²) >= 11 is 0. The lowest BCUT2D eigenvalue weighted by molar-refractivity contribution is 0.163. The lowest BCUT2D eigenvalue weighted by Gasteiger charge is -2.23. The molecule has 1 heterocycles. The van der Waals surface area contributed by atoms with Crippen molar-refractivity contribution < 1.29 is 9.50 Å². The summed E-state index contributed by atoms with van der Waals surface area (Å²) in [4.78, 5) is 2.84. The number of nitrogens with one attached hydrogen (secondary N) is 2. The molecule has 2 rings (SSSR count). The predicted molar refractivity (Wildman–Crippen MR) is 71.0 cm³/mol. The van der Waals surface area contributed by atoms with E-state index in [1.165, 1.54) is 6.20 Å². The largest absolute Gasteiger partial charge is 0.387 e. The Bertz CT molecular complexity index is 542. The lowest BCUT2D eigenvalue weighted by Crippen LogP contribution is -2.38. The van der Waals surface area contributed by atoms with E-state index in [1.807, 2.05) is 26.8 Å². The summed E-state index contributed by atoms with van der Waals surface area (Å²) in [5, 5.41) is 13.8. The second-order valence-electron chi connectivity index (χ2n) is 5.59. The van der Waals surface area contributed by atoms with E-state index in [9.17, 15) is 9.50 Å². The molecule has 2 aromatic rings. The fourth-order valence-electron chi connectivity index (χ4n) is 1.83. The number of H-pyrrole nitrogens is 1. The summed E-state index contributed by atoms with van der Waals surface area (Å²) < 4.78 is 13.4. The van der Waals surface area contributed by atoms with Gasteiger partial charge in [-0.05, 0) is 38.5 Å². The predicted octanol–water partition coefficient (Wildman–Crippen LogP) is 2.73. The second kappa shape index (κ2) is 4.71. The first-order chi connectivity index (χ1) is 8.37. The number of aliphatic hydroxyl groups is 1. The first kappa shape index (κ1) is 13.1. The van der Waals surface area contributed by atoms with Gasteiger partial charge in [0.2, 0.25) is 0 Å². The highest BCUT2D eigenvalue weighted by atomic mass is 19.1. The van der Waals surface area contributed by atoms with Crippen LogP contribution in [0, 0.1) is 5.82 Å². The Balaban J connectivity index is 2.17. The smallest absolute Gasteiger partial charge is 0.148 e. The number of aliphatic hydroxyl groups excluding tert-OH is 1. The van der Waals surface area contributed by atoms with Gasteiger partial charge in [-0.2, -0.15) is 0 Å². The molecule has 0 fully saturated rings. The van der Waals surface area contributed by atoms with Gasteiger partial charge in [0.05, 0.1) is 6.10 Å². The van der Waals surface area contributed by atoms with Crippen LogP contribution in [0.5, 0.6) is 0 Å². The zero-order valence-corrected chi connectivity index (χ0v) is 10.9. The average Bonchev–Trinajstić information content (AvgIpc) is 2.67. The fraction of sp³-hybridized carbons (Fsp3) is 0.429. The van der Waals surface area contributed by atoms with Crippen LogP contribution in [0.15, 0.2) is 24.4 Å². The Morgan fingerprint density at radius 2 is 2.11 bits per heavy atom. The van der Waals surface area contributed by atoms with Crippen molar-refractivity contribution in [2.75, 3.05) is 6.54 Å². The van der Waals surface area contributed by atoms with Crippen molar-refractivity contribution >= 4 is 10.9 Å². The molecular formula is C14H19FN2O. The van der Waals surface area contributed by atoms with E-state index >= 15 is 0 Å². The molecular weight excluding hydrogens is 231 g/mol. The molecule has 98 valence electrons. The molecule has 1 atom stereocenters. The molecule has 4 heteroatoms. The topological polar surface area (TPSA) is 48.0 Å². The Labute approximate surface area is 106 Å². The maximum atomic E-state index is 13.4. The monoisotopic (exact) mass is 250 g/mol. The zero-order chi connectivity index (χ0) is 13.3. The van der Waals surface area contributed by atoms with Crippen LogP contribution in [0.1, 0.15) is 32.4 Å². The highest BCUT2D eigenvalue weighted by Gasteiger charge is 2.14. The van der Waals surface area contributed by atoms with E-state index in [0.29, 0.717) is 11.9 Å². The molecule has 0 aliphatic heterocycles. The van der Waals surface area contributed by atoms with Gasteiger partial charge in [-0.3, -0.25) is 0 Å². The lowest BCUT2D eigenvalue weighted by atomic mass is 10.0. The molecule has 0 aliphatic carbocycles. The van der Waals surface area contributed by atoms with E-state index in [0.717, 1.165) is 11.1 Å². The SMILES string of the molecule is CC(C)(C)NC[C@H](O)c1ccc2[nH]cc(F)c2c1. The van der Waals surface area contributed by atoms with Crippen molar-refractivity contribution in [3.05, 3.63) is 35.8 Å². The second-order valence-corrected chi connectivity index (χ2v) is 5.59. The molecule has 1 aromatic carbocycles. The number of aromatic amines is 1. The molecule has 0 bridgehead atoms. The van der Waals surface area contributed by atoms with Crippen molar-refractivity contribution in [1.29, 1.82) is 0 Å². The molecule has 0 unspecified atom stereocenters. The number of rotatable bonds is 3. The van der Waals surface area contributed by atoms with Crippen LogP contribution in [-0.4, -0.2) is 22.2 Å². The van der Waals surface area contributed by atoms with Crippen LogP contribution >= 0.6 is 0 Å². The van der Waals surface area contributed by atoms with Crippen LogP contribution in [0.25, 0.3) is 10.9 Å². The molecule has 0 amide bonds. The average molecular weight is 250 g/mol. The van der Waals surface area contributed by atoms with Gasteiger partial charge >= 0.3 is 0 Å². The maximum absolute atomic E-state index is 13.4. The Kier molecular flexibility index (Phi) is 3.41. The Hall–Kier alpha value is -1.39. The number of fused-ring (bicyclic) bond motifs is 1. The highest BCUT2D eigenvalue weighted by molar-refractivity contribution is 5.80. The summed E-state index contributed by atoms with van der Waals surface area (Å²) in [5.41, 5.74) is 1.41. The number of aromatic nitrogens is 1. The van der Waals surface area contributed by atoms with Gasteiger partial charge in [0.25, 0.3) is 0 Å². The third-order valence-corrected chi connectivity index (χ3v) is 2.87. The van der Waals surface area contributed by atoms with Crippen molar-refractivity contribution in [2.45, 2.75) is 32.4 Å². The number of halogens is 1. The molecule has 0 saturated heterocycles. The van der Waals surface area contributed by atoms with Crippen molar-refractivity contribution in [3.8, 4) is 0 Å². The molecule has 1 aromatic heterocycles. The summed E-state index contributed by atoms with van der Waals surface area (Å²) in [6.07, 6.45) is 0.691. The molecule has 0 aliphatic rings. The summed E-state index contributed by atoms with van der Waals surface area (Å²) in [6, 6.07) is 5.29.